The second-order valence-electron chi connectivity index (χ2n) is 4.92. The molecule has 0 spiro atoms. The van der Waals surface area contributed by atoms with Gasteiger partial charge in [-0.15, -0.1) is 0 Å². The molecule has 106 valence electrons. The number of hydrogen-bond donors (Lipinski definition) is 0. The summed E-state index contributed by atoms with van der Waals surface area (Å²) in [5.74, 6) is 0.0393. The average molecular weight is 277 g/mol. The van der Waals surface area contributed by atoms with Gasteiger partial charge in [-0.05, 0) is 20.3 Å². The maximum absolute atomic E-state index is 12.1. The summed E-state index contributed by atoms with van der Waals surface area (Å²) in [4.78, 5) is 11.6. The number of ketones is 1. The van der Waals surface area contributed by atoms with Gasteiger partial charge < -0.3 is 4.74 Å². The predicted molar refractivity (Wildman–Crippen MR) is 69.9 cm³/mol. The van der Waals surface area contributed by atoms with Gasteiger partial charge in [0.1, 0.15) is 5.78 Å². The molecule has 1 heterocycles. The maximum Gasteiger partial charge on any atom is 0.216 e. The largest absolute Gasteiger partial charge is 0.378 e. The Morgan fingerprint density at radius 2 is 2.11 bits per heavy atom. The fourth-order valence-corrected chi connectivity index (χ4v) is 3.35. The van der Waals surface area contributed by atoms with Crippen LogP contribution in [0.5, 0.6) is 0 Å². The normalized spacial score (nSPS) is 22.7. The number of rotatable bonds is 6. The van der Waals surface area contributed by atoms with Crippen LogP contribution in [-0.4, -0.2) is 50.1 Å². The predicted octanol–water partition coefficient (Wildman–Crippen LogP) is 1.04. The molecule has 0 aromatic rings. The van der Waals surface area contributed by atoms with Crippen molar-refractivity contribution in [3.63, 3.8) is 0 Å². The van der Waals surface area contributed by atoms with Crippen molar-refractivity contribution in [1.82, 2.24) is 4.31 Å². The molecule has 0 N–H and O–H groups in total. The summed E-state index contributed by atoms with van der Waals surface area (Å²) in [7, 11) is -3.29. The Morgan fingerprint density at radius 1 is 1.44 bits per heavy atom. The van der Waals surface area contributed by atoms with E-state index in [1.807, 2.05) is 20.8 Å². The topological polar surface area (TPSA) is 63.7 Å². The number of carbonyl (C=O) groups excluding carboxylic acids is 1. The van der Waals surface area contributed by atoms with E-state index in [2.05, 4.69) is 0 Å². The Hall–Kier alpha value is -0.460. The second-order valence-corrected chi connectivity index (χ2v) is 7.00. The standard InChI is InChI=1S/C12H23NO4S/c1-4-11-9-13(6-5-12(11)14)18(15,16)8-7-17-10(2)3/h10-11H,4-9H2,1-3H3. The highest BCUT2D eigenvalue weighted by Gasteiger charge is 2.32. The zero-order chi connectivity index (χ0) is 13.8. The number of Topliss-reactive ketones (excluding diaryl/α,β-unsaturated/α-hetero) is 1. The minimum absolute atomic E-state index is 0.00416. The number of nitrogens with zero attached hydrogens (tertiary/aromatic N) is 1. The molecule has 18 heavy (non-hydrogen) atoms. The lowest BCUT2D eigenvalue weighted by molar-refractivity contribution is -0.125. The van der Waals surface area contributed by atoms with Gasteiger partial charge in [0.05, 0.1) is 18.5 Å². The van der Waals surface area contributed by atoms with Crippen LogP contribution in [0.4, 0.5) is 0 Å². The molecule has 0 aliphatic carbocycles. The molecule has 5 nitrogen and oxygen atoms in total. The maximum atomic E-state index is 12.1. The lowest BCUT2D eigenvalue weighted by Crippen LogP contribution is -2.45. The first-order valence-electron chi connectivity index (χ1n) is 6.49. The van der Waals surface area contributed by atoms with E-state index in [0.29, 0.717) is 25.9 Å². The van der Waals surface area contributed by atoms with Crippen LogP contribution in [0.2, 0.25) is 0 Å². The van der Waals surface area contributed by atoms with Gasteiger partial charge in [0, 0.05) is 25.4 Å². The fraction of sp³-hybridized carbons (Fsp3) is 0.917. The van der Waals surface area contributed by atoms with Crippen molar-refractivity contribution in [3.05, 3.63) is 0 Å². The van der Waals surface area contributed by atoms with Crippen molar-refractivity contribution >= 4 is 15.8 Å². The molecule has 6 heteroatoms. The van der Waals surface area contributed by atoms with E-state index < -0.39 is 10.0 Å². The van der Waals surface area contributed by atoms with Crippen molar-refractivity contribution in [1.29, 1.82) is 0 Å². The number of hydrogen-bond acceptors (Lipinski definition) is 4. The third-order valence-corrected chi connectivity index (χ3v) is 4.97. The highest BCUT2D eigenvalue weighted by molar-refractivity contribution is 7.89. The highest BCUT2D eigenvalue weighted by Crippen LogP contribution is 2.19. The van der Waals surface area contributed by atoms with E-state index >= 15 is 0 Å². The third-order valence-electron chi connectivity index (χ3n) is 3.17. The van der Waals surface area contributed by atoms with Gasteiger partial charge in [0.15, 0.2) is 0 Å². The summed E-state index contributed by atoms with van der Waals surface area (Å²) in [6.45, 7) is 6.53. The molecule has 0 amide bonds. The second kappa shape index (κ2) is 6.63. The van der Waals surface area contributed by atoms with Crippen molar-refractivity contribution < 1.29 is 17.9 Å². The molecule has 1 atom stereocenters. The van der Waals surface area contributed by atoms with Crippen molar-refractivity contribution in [3.8, 4) is 0 Å². The summed E-state index contributed by atoms with van der Waals surface area (Å²) in [5.41, 5.74) is 0. The van der Waals surface area contributed by atoms with Crippen LogP contribution in [0.15, 0.2) is 0 Å². The Labute approximate surface area is 110 Å². The Morgan fingerprint density at radius 3 is 2.67 bits per heavy atom. The zero-order valence-electron chi connectivity index (χ0n) is 11.4. The lowest BCUT2D eigenvalue weighted by Gasteiger charge is -2.30. The number of ether oxygens (including phenoxy) is 1. The number of carbonyl (C=O) groups is 1. The van der Waals surface area contributed by atoms with E-state index in [0.717, 1.165) is 0 Å². The van der Waals surface area contributed by atoms with E-state index in [1.165, 1.54) is 4.31 Å². The molecule has 1 fully saturated rings. The first-order chi connectivity index (χ1) is 8.36. The Bertz CT molecular complexity index is 378. The first-order valence-corrected chi connectivity index (χ1v) is 8.10. The van der Waals surface area contributed by atoms with Gasteiger partial charge in [-0.2, -0.15) is 0 Å². The summed E-state index contributed by atoms with van der Waals surface area (Å²) in [5, 5.41) is 0. The number of piperidine rings is 1. The molecular weight excluding hydrogens is 254 g/mol. The summed E-state index contributed by atoms with van der Waals surface area (Å²) in [6, 6.07) is 0. The lowest BCUT2D eigenvalue weighted by atomic mass is 9.96. The van der Waals surface area contributed by atoms with Crippen molar-refractivity contribution in [2.75, 3.05) is 25.4 Å². The molecule has 1 aliphatic rings. The van der Waals surface area contributed by atoms with Crippen LogP contribution in [0.25, 0.3) is 0 Å². The van der Waals surface area contributed by atoms with Crippen molar-refractivity contribution in [2.45, 2.75) is 39.7 Å². The summed E-state index contributed by atoms with van der Waals surface area (Å²) < 4.78 is 30.8. The van der Waals surface area contributed by atoms with Crippen molar-refractivity contribution in [2.24, 2.45) is 5.92 Å². The van der Waals surface area contributed by atoms with Gasteiger partial charge in [-0.25, -0.2) is 12.7 Å². The minimum atomic E-state index is -3.29. The molecule has 1 rings (SSSR count). The molecular formula is C12H23NO4S. The van der Waals surface area contributed by atoms with E-state index in [1.54, 1.807) is 0 Å². The summed E-state index contributed by atoms with van der Waals surface area (Å²) >= 11 is 0. The minimum Gasteiger partial charge on any atom is -0.378 e. The molecule has 1 unspecified atom stereocenters. The monoisotopic (exact) mass is 277 g/mol. The fourth-order valence-electron chi connectivity index (χ4n) is 2.01. The third kappa shape index (κ3) is 4.33. The molecule has 0 aromatic heterocycles. The van der Waals surface area contributed by atoms with Crippen LogP contribution in [-0.2, 0) is 19.6 Å². The average Bonchev–Trinajstić information content (AvgIpc) is 2.28. The van der Waals surface area contributed by atoms with E-state index in [9.17, 15) is 13.2 Å². The summed E-state index contributed by atoms with van der Waals surface area (Å²) in [6.07, 6.45) is 1.07. The van der Waals surface area contributed by atoms with Gasteiger partial charge >= 0.3 is 0 Å². The van der Waals surface area contributed by atoms with Crippen LogP contribution < -0.4 is 0 Å². The van der Waals surface area contributed by atoms with E-state index in [4.69, 9.17) is 4.74 Å². The van der Waals surface area contributed by atoms with Gasteiger partial charge in [0.2, 0.25) is 10.0 Å². The Balaban J connectivity index is 2.54. The molecule has 0 saturated carbocycles. The van der Waals surface area contributed by atoms with Crippen LogP contribution in [0.1, 0.15) is 33.6 Å². The molecule has 1 aliphatic heterocycles. The molecule has 0 aromatic carbocycles. The van der Waals surface area contributed by atoms with Crippen LogP contribution in [0.3, 0.4) is 0 Å². The van der Waals surface area contributed by atoms with Crippen LogP contribution >= 0.6 is 0 Å². The number of sulfonamides is 1. The van der Waals surface area contributed by atoms with Gasteiger partial charge in [0.25, 0.3) is 0 Å². The highest BCUT2D eigenvalue weighted by atomic mass is 32.2. The van der Waals surface area contributed by atoms with Crippen LogP contribution in [0, 0.1) is 5.92 Å². The van der Waals surface area contributed by atoms with Gasteiger partial charge in [-0.3, -0.25) is 4.79 Å². The quantitative estimate of drug-likeness (QED) is 0.728. The molecule has 0 bridgehead atoms. The molecule has 0 radical (unpaired) electrons. The Kier molecular flexibility index (Phi) is 5.75. The molecule has 1 saturated heterocycles. The first kappa shape index (κ1) is 15.6. The SMILES string of the molecule is CCC1CN(S(=O)(=O)CCOC(C)C)CCC1=O. The van der Waals surface area contributed by atoms with E-state index in [-0.39, 0.29) is 30.2 Å². The zero-order valence-corrected chi connectivity index (χ0v) is 12.2. The smallest absolute Gasteiger partial charge is 0.216 e. The van der Waals surface area contributed by atoms with Gasteiger partial charge in [-0.1, -0.05) is 6.92 Å².